The third-order valence-corrected chi connectivity index (χ3v) is 5.61. The number of nitrogens with zero attached hydrogens (tertiary/aromatic N) is 2. The minimum Gasteiger partial charge on any atom is -0.352 e. The van der Waals surface area contributed by atoms with E-state index in [2.05, 4.69) is 9.88 Å². The number of rotatable bonds is 6. The van der Waals surface area contributed by atoms with Gasteiger partial charge in [-0.1, -0.05) is 59.1 Å². The first-order valence-electron chi connectivity index (χ1n) is 9.74. The van der Waals surface area contributed by atoms with Gasteiger partial charge >= 0.3 is 0 Å². The number of hydrogen-bond acceptors (Lipinski definition) is 2. The van der Waals surface area contributed by atoms with Crippen LogP contribution in [-0.2, 0) is 13.0 Å². The van der Waals surface area contributed by atoms with E-state index in [0.29, 0.717) is 35.1 Å². The Morgan fingerprint density at radius 3 is 2.57 bits per heavy atom. The zero-order chi connectivity index (χ0) is 21.1. The smallest absolute Gasteiger partial charge is 0.251 e. The summed E-state index contributed by atoms with van der Waals surface area (Å²) in [7, 11) is 0. The number of benzene rings is 3. The molecule has 0 radical (unpaired) electrons. The third-order valence-electron chi connectivity index (χ3n) is 5.03. The van der Waals surface area contributed by atoms with E-state index in [4.69, 9.17) is 28.2 Å². The fraction of sp³-hybridized carbons (Fsp3) is 0.167. The molecule has 0 atom stereocenters. The van der Waals surface area contributed by atoms with E-state index in [1.54, 1.807) is 6.07 Å². The van der Waals surface area contributed by atoms with Gasteiger partial charge in [0.05, 0.1) is 17.6 Å². The molecule has 4 nitrogen and oxygen atoms in total. The van der Waals surface area contributed by atoms with Gasteiger partial charge in [-0.05, 0) is 48.9 Å². The van der Waals surface area contributed by atoms with Crippen molar-refractivity contribution < 1.29 is 4.79 Å². The standard InChI is InChI=1S/C24H21Cl2N3O/c1-16-6-8-17(9-7-16)24(30)27-13-12-23-28-21-4-2-3-5-22(21)29(23)15-18-10-11-19(25)14-20(18)26/h2-11,14H,12-13,15H2,1H3,(H,27,30). The van der Waals surface area contributed by atoms with Gasteiger partial charge < -0.3 is 9.88 Å². The molecule has 3 aromatic carbocycles. The number of aryl methyl sites for hydroxylation is 1. The van der Waals surface area contributed by atoms with Gasteiger partial charge in [-0.3, -0.25) is 4.79 Å². The SMILES string of the molecule is Cc1ccc(C(=O)NCCc2nc3ccccc3n2Cc2ccc(Cl)cc2Cl)cc1. The Morgan fingerprint density at radius 2 is 1.80 bits per heavy atom. The lowest BCUT2D eigenvalue weighted by Crippen LogP contribution is -2.26. The molecule has 4 aromatic rings. The van der Waals surface area contributed by atoms with E-state index >= 15 is 0 Å². The van der Waals surface area contributed by atoms with Crippen LogP contribution in [0, 0.1) is 6.92 Å². The number of aromatic nitrogens is 2. The van der Waals surface area contributed by atoms with Crippen molar-refractivity contribution in [2.75, 3.05) is 6.54 Å². The molecular weight excluding hydrogens is 417 g/mol. The Hall–Kier alpha value is -2.82. The normalized spacial score (nSPS) is 11.0. The quantitative estimate of drug-likeness (QED) is 0.422. The highest BCUT2D eigenvalue weighted by atomic mass is 35.5. The first-order valence-corrected chi connectivity index (χ1v) is 10.5. The predicted molar refractivity (Wildman–Crippen MR) is 123 cm³/mol. The maximum absolute atomic E-state index is 12.4. The molecule has 1 heterocycles. The fourth-order valence-corrected chi connectivity index (χ4v) is 3.88. The molecular formula is C24H21Cl2N3O. The zero-order valence-corrected chi connectivity index (χ0v) is 18.0. The van der Waals surface area contributed by atoms with Crippen molar-refractivity contribution in [3.05, 3.63) is 99.3 Å². The highest BCUT2D eigenvalue weighted by Crippen LogP contribution is 2.24. The van der Waals surface area contributed by atoms with Crippen LogP contribution in [0.3, 0.4) is 0 Å². The maximum atomic E-state index is 12.4. The van der Waals surface area contributed by atoms with Gasteiger partial charge in [0, 0.05) is 28.6 Å². The number of imidazole rings is 1. The van der Waals surface area contributed by atoms with E-state index in [1.165, 1.54) is 0 Å². The molecule has 0 aliphatic carbocycles. The molecule has 0 aliphatic rings. The van der Waals surface area contributed by atoms with Crippen molar-refractivity contribution in [3.63, 3.8) is 0 Å². The molecule has 0 unspecified atom stereocenters. The number of hydrogen-bond donors (Lipinski definition) is 1. The van der Waals surface area contributed by atoms with E-state index in [-0.39, 0.29) is 5.91 Å². The van der Waals surface area contributed by atoms with Crippen molar-refractivity contribution in [2.45, 2.75) is 19.9 Å². The molecule has 0 aliphatic heterocycles. The number of carbonyl (C=O) groups excluding carboxylic acids is 1. The van der Waals surface area contributed by atoms with Crippen LogP contribution >= 0.6 is 23.2 Å². The number of nitrogens with one attached hydrogen (secondary N) is 1. The van der Waals surface area contributed by atoms with Crippen molar-refractivity contribution in [2.24, 2.45) is 0 Å². The Bertz CT molecular complexity index is 1200. The number of halogens is 2. The zero-order valence-electron chi connectivity index (χ0n) is 16.5. The summed E-state index contributed by atoms with van der Waals surface area (Å²) in [6.07, 6.45) is 0.609. The van der Waals surface area contributed by atoms with Gasteiger partial charge in [-0.25, -0.2) is 4.98 Å². The maximum Gasteiger partial charge on any atom is 0.251 e. The molecule has 0 saturated heterocycles. The minimum absolute atomic E-state index is 0.0848. The second-order valence-electron chi connectivity index (χ2n) is 7.21. The molecule has 0 fully saturated rings. The summed E-state index contributed by atoms with van der Waals surface area (Å²) in [4.78, 5) is 17.2. The minimum atomic E-state index is -0.0848. The molecule has 4 rings (SSSR count). The average Bonchev–Trinajstić information content (AvgIpc) is 3.08. The van der Waals surface area contributed by atoms with E-state index in [9.17, 15) is 4.79 Å². The number of amides is 1. The topological polar surface area (TPSA) is 46.9 Å². The van der Waals surface area contributed by atoms with Crippen LogP contribution in [0.15, 0.2) is 66.7 Å². The fourth-order valence-electron chi connectivity index (χ4n) is 3.41. The Kier molecular flexibility index (Phi) is 6.07. The van der Waals surface area contributed by atoms with Crippen LogP contribution in [0.4, 0.5) is 0 Å². The second kappa shape index (κ2) is 8.90. The molecule has 1 N–H and O–H groups in total. The molecule has 152 valence electrons. The second-order valence-corrected chi connectivity index (χ2v) is 8.05. The number of para-hydroxylation sites is 2. The van der Waals surface area contributed by atoms with Crippen molar-refractivity contribution in [3.8, 4) is 0 Å². The van der Waals surface area contributed by atoms with Crippen LogP contribution in [0.1, 0.15) is 27.3 Å². The van der Waals surface area contributed by atoms with Gasteiger partial charge in [0.15, 0.2) is 0 Å². The van der Waals surface area contributed by atoms with Crippen molar-refractivity contribution in [1.29, 1.82) is 0 Å². The van der Waals surface area contributed by atoms with Crippen LogP contribution < -0.4 is 5.32 Å². The summed E-state index contributed by atoms with van der Waals surface area (Å²) in [5, 5.41) is 4.22. The van der Waals surface area contributed by atoms with Gasteiger partial charge in [0.2, 0.25) is 0 Å². The van der Waals surface area contributed by atoms with E-state index in [1.807, 2.05) is 67.6 Å². The molecule has 0 saturated carbocycles. The summed E-state index contributed by atoms with van der Waals surface area (Å²) < 4.78 is 2.14. The molecule has 0 spiro atoms. The molecule has 1 aromatic heterocycles. The van der Waals surface area contributed by atoms with Crippen LogP contribution in [0.25, 0.3) is 11.0 Å². The molecule has 0 bridgehead atoms. The average molecular weight is 438 g/mol. The van der Waals surface area contributed by atoms with Gasteiger partial charge in [-0.2, -0.15) is 0 Å². The van der Waals surface area contributed by atoms with Crippen molar-refractivity contribution in [1.82, 2.24) is 14.9 Å². The largest absolute Gasteiger partial charge is 0.352 e. The van der Waals surface area contributed by atoms with E-state index in [0.717, 1.165) is 28.0 Å². The van der Waals surface area contributed by atoms with Gasteiger partial charge in [-0.15, -0.1) is 0 Å². The van der Waals surface area contributed by atoms with Crippen LogP contribution in [0.5, 0.6) is 0 Å². The van der Waals surface area contributed by atoms with Gasteiger partial charge in [0.25, 0.3) is 5.91 Å². The Balaban J connectivity index is 1.54. The molecule has 30 heavy (non-hydrogen) atoms. The lowest BCUT2D eigenvalue weighted by molar-refractivity contribution is 0.0954. The number of fused-ring (bicyclic) bond motifs is 1. The highest BCUT2D eigenvalue weighted by molar-refractivity contribution is 6.35. The summed E-state index contributed by atoms with van der Waals surface area (Å²) in [5.74, 6) is 0.810. The summed E-state index contributed by atoms with van der Waals surface area (Å²) >= 11 is 12.4. The lowest BCUT2D eigenvalue weighted by Gasteiger charge is -2.12. The monoisotopic (exact) mass is 437 g/mol. The first-order chi connectivity index (χ1) is 14.5. The first kappa shape index (κ1) is 20.5. The predicted octanol–water partition coefficient (Wildman–Crippen LogP) is 5.67. The molecule has 6 heteroatoms. The summed E-state index contributed by atoms with van der Waals surface area (Å²) in [6.45, 7) is 3.07. The van der Waals surface area contributed by atoms with Crippen LogP contribution in [0.2, 0.25) is 10.0 Å². The van der Waals surface area contributed by atoms with E-state index < -0.39 is 0 Å². The van der Waals surface area contributed by atoms with Gasteiger partial charge in [0.1, 0.15) is 5.82 Å². The highest BCUT2D eigenvalue weighted by Gasteiger charge is 2.13. The lowest BCUT2D eigenvalue weighted by atomic mass is 10.1. The Morgan fingerprint density at radius 1 is 1.03 bits per heavy atom. The summed E-state index contributed by atoms with van der Waals surface area (Å²) in [5.41, 5.74) is 4.70. The third kappa shape index (κ3) is 4.50. The molecule has 1 amide bonds. The number of carbonyl (C=O) groups is 1. The van der Waals surface area contributed by atoms with Crippen LogP contribution in [-0.4, -0.2) is 22.0 Å². The Labute approximate surface area is 185 Å². The van der Waals surface area contributed by atoms with Crippen molar-refractivity contribution >= 4 is 40.1 Å². The summed E-state index contributed by atoms with van der Waals surface area (Å²) in [6, 6.07) is 21.1.